The molecule has 0 saturated carbocycles. The van der Waals surface area contributed by atoms with Crippen molar-refractivity contribution in [3.05, 3.63) is 29.8 Å². The Morgan fingerprint density at radius 1 is 1.44 bits per heavy atom. The zero-order valence-electron chi connectivity index (χ0n) is 11.3. The number of carbonyl (C=O) groups excluding carboxylic acids is 1. The fourth-order valence-electron chi connectivity index (χ4n) is 1.94. The molecule has 1 rings (SSSR count). The van der Waals surface area contributed by atoms with Crippen molar-refractivity contribution < 1.29 is 9.90 Å². The molecule has 4 nitrogen and oxygen atoms in total. The normalized spacial score (nSPS) is 14.0. The van der Waals surface area contributed by atoms with Gasteiger partial charge in [-0.25, -0.2) is 0 Å². The number of aromatic hydroxyl groups is 1. The van der Waals surface area contributed by atoms with Crippen LogP contribution in [0.2, 0.25) is 0 Å². The molecule has 18 heavy (non-hydrogen) atoms. The fourth-order valence-corrected chi connectivity index (χ4v) is 1.94. The number of phenolic OH excluding ortho intramolecular Hbond substituents is 1. The lowest BCUT2D eigenvalue weighted by atomic mass is 10.0. The molecular weight excluding hydrogens is 228 g/mol. The van der Waals surface area contributed by atoms with Crippen LogP contribution in [0.25, 0.3) is 0 Å². The van der Waals surface area contributed by atoms with E-state index in [-0.39, 0.29) is 17.7 Å². The topological polar surface area (TPSA) is 66.6 Å². The summed E-state index contributed by atoms with van der Waals surface area (Å²) in [6, 6.07) is 6.38. The van der Waals surface area contributed by atoms with Crippen LogP contribution in [0.1, 0.15) is 38.3 Å². The van der Waals surface area contributed by atoms with Gasteiger partial charge in [-0.3, -0.25) is 4.79 Å². The van der Waals surface area contributed by atoms with Crippen LogP contribution in [0.3, 0.4) is 0 Å². The minimum Gasteiger partial charge on any atom is -0.508 e. The van der Waals surface area contributed by atoms with E-state index in [4.69, 9.17) is 5.73 Å². The van der Waals surface area contributed by atoms with Gasteiger partial charge in [0.25, 0.3) is 0 Å². The van der Waals surface area contributed by atoms with E-state index in [1.165, 1.54) is 0 Å². The van der Waals surface area contributed by atoms with Crippen LogP contribution in [0, 0.1) is 0 Å². The first-order valence-corrected chi connectivity index (χ1v) is 6.29. The Morgan fingerprint density at radius 2 is 2.06 bits per heavy atom. The third-order valence-electron chi connectivity index (χ3n) is 3.23. The molecule has 4 heteroatoms. The summed E-state index contributed by atoms with van der Waals surface area (Å²) in [5.74, 6) is 0.112. The second-order valence-electron chi connectivity index (χ2n) is 4.58. The van der Waals surface area contributed by atoms with Gasteiger partial charge in [-0.1, -0.05) is 31.5 Å². The molecule has 0 heterocycles. The molecule has 1 unspecified atom stereocenters. The first kappa shape index (κ1) is 14.5. The maximum absolute atomic E-state index is 12.1. The number of likely N-dealkylation sites (N-methyl/N-ethyl adjacent to an activating group) is 1. The summed E-state index contributed by atoms with van der Waals surface area (Å²) in [7, 11) is 1.72. The van der Waals surface area contributed by atoms with E-state index in [0.29, 0.717) is 6.42 Å². The van der Waals surface area contributed by atoms with E-state index in [0.717, 1.165) is 12.0 Å². The minimum atomic E-state index is -0.465. The Hall–Kier alpha value is -1.55. The highest BCUT2D eigenvalue weighted by atomic mass is 16.3. The lowest BCUT2D eigenvalue weighted by molar-refractivity contribution is -0.133. The number of phenols is 1. The number of hydrogen-bond donors (Lipinski definition) is 2. The molecule has 1 aromatic rings. The van der Waals surface area contributed by atoms with Crippen LogP contribution in [0.4, 0.5) is 0 Å². The number of carbonyl (C=O) groups is 1. The van der Waals surface area contributed by atoms with E-state index < -0.39 is 6.04 Å². The minimum absolute atomic E-state index is 0.0902. The molecule has 1 amide bonds. The summed E-state index contributed by atoms with van der Waals surface area (Å²) < 4.78 is 0. The van der Waals surface area contributed by atoms with Gasteiger partial charge >= 0.3 is 0 Å². The van der Waals surface area contributed by atoms with Gasteiger partial charge < -0.3 is 15.7 Å². The van der Waals surface area contributed by atoms with Gasteiger partial charge in [0.1, 0.15) is 5.75 Å². The van der Waals surface area contributed by atoms with Crippen molar-refractivity contribution in [3.63, 3.8) is 0 Å². The van der Waals surface area contributed by atoms with Crippen LogP contribution >= 0.6 is 0 Å². The Morgan fingerprint density at radius 3 is 2.61 bits per heavy atom. The van der Waals surface area contributed by atoms with Gasteiger partial charge in [-0.05, 0) is 19.4 Å². The van der Waals surface area contributed by atoms with Crippen molar-refractivity contribution in [2.24, 2.45) is 5.73 Å². The van der Waals surface area contributed by atoms with Crippen LogP contribution < -0.4 is 5.73 Å². The molecular formula is C14H22N2O2. The van der Waals surface area contributed by atoms with Crippen molar-refractivity contribution in [3.8, 4) is 5.75 Å². The lowest BCUT2D eigenvalue weighted by Gasteiger charge is -2.28. The van der Waals surface area contributed by atoms with Crippen molar-refractivity contribution >= 4 is 5.91 Å². The predicted octanol–water partition coefficient (Wildman–Crippen LogP) is 2.04. The number of amides is 1. The molecule has 1 aromatic carbocycles. The van der Waals surface area contributed by atoms with Crippen LogP contribution in [-0.2, 0) is 4.79 Å². The number of rotatable bonds is 5. The summed E-state index contributed by atoms with van der Waals surface area (Å²) in [6.07, 6.45) is 1.56. The number of nitrogens with zero attached hydrogens (tertiary/aromatic N) is 1. The number of para-hydroxylation sites is 1. The maximum Gasteiger partial charge on any atom is 0.239 e. The molecule has 0 bridgehead atoms. The Balaban J connectivity index is 2.81. The molecule has 0 fully saturated rings. The Bertz CT molecular complexity index is 407. The Kier molecular flexibility index (Phi) is 5.16. The summed E-state index contributed by atoms with van der Waals surface area (Å²) >= 11 is 0. The summed E-state index contributed by atoms with van der Waals surface area (Å²) in [4.78, 5) is 13.7. The molecule has 2 atom stereocenters. The molecule has 0 spiro atoms. The van der Waals surface area contributed by atoms with Crippen molar-refractivity contribution in [1.29, 1.82) is 0 Å². The third kappa shape index (κ3) is 3.23. The largest absolute Gasteiger partial charge is 0.508 e. The summed E-state index contributed by atoms with van der Waals surface area (Å²) in [6.45, 7) is 3.88. The lowest BCUT2D eigenvalue weighted by Crippen LogP contribution is -2.42. The van der Waals surface area contributed by atoms with Crippen LogP contribution in [-0.4, -0.2) is 29.0 Å². The van der Waals surface area contributed by atoms with E-state index in [2.05, 4.69) is 0 Å². The predicted molar refractivity (Wildman–Crippen MR) is 72.2 cm³/mol. The SMILES string of the molecule is CCC[C@@H](N)C(=O)N(C)C(C)c1ccccc1O. The van der Waals surface area contributed by atoms with Crippen molar-refractivity contribution in [1.82, 2.24) is 4.90 Å². The summed E-state index contributed by atoms with van der Waals surface area (Å²) in [5.41, 5.74) is 6.56. The standard InChI is InChI=1S/C14H22N2O2/c1-4-7-12(15)14(18)16(3)10(2)11-8-5-6-9-13(11)17/h5-6,8-10,12,17H,4,7,15H2,1-3H3/t10?,12-/m1/s1. The van der Waals surface area contributed by atoms with Gasteiger partial charge in [0.15, 0.2) is 0 Å². The molecule has 100 valence electrons. The molecule has 0 saturated heterocycles. The molecule has 0 aliphatic carbocycles. The summed E-state index contributed by atoms with van der Waals surface area (Å²) in [5, 5.41) is 9.78. The molecule has 0 aliphatic rings. The highest BCUT2D eigenvalue weighted by molar-refractivity contribution is 5.81. The molecule has 0 radical (unpaired) electrons. The number of nitrogens with two attached hydrogens (primary N) is 1. The second-order valence-corrected chi connectivity index (χ2v) is 4.58. The average Bonchev–Trinajstić information content (AvgIpc) is 2.37. The first-order chi connectivity index (χ1) is 8.49. The second kappa shape index (κ2) is 6.40. The average molecular weight is 250 g/mol. The van der Waals surface area contributed by atoms with E-state index >= 15 is 0 Å². The highest BCUT2D eigenvalue weighted by Gasteiger charge is 2.23. The van der Waals surface area contributed by atoms with Gasteiger partial charge in [0, 0.05) is 12.6 Å². The zero-order valence-corrected chi connectivity index (χ0v) is 11.3. The van der Waals surface area contributed by atoms with E-state index in [1.54, 1.807) is 24.1 Å². The van der Waals surface area contributed by atoms with Gasteiger partial charge in [-0.15, -0.1) is 0 Å². The quantitative estimate of drug-likeness (QED) is 0.840. The van der Waals surface area contributed by atoms with E-state index in [1.807, 2.05) is 26.0 Å². The van der Waals surface area contributed by atoms with E-state index in [9.17, 15) is 9.90 Å². The molecule has 0 aromatic heterocycles. The van der Waals surface area contributed by atoms with Crippen LogP contribution in [0.5, 0.6) is 5.75 Å². The Labute approximate surface area is 108 Å². The van der Waals surface area contributed by atoms with Crippen molar-refractivity contribution in [2.45, 2.75) is 38.8 Å². The first-order valence-electron chi connectivity index (χ1n) is 6.29. The number of hydrogen-bond acceptors (Lipinski definition) is 3. The third-order valence-corrected chi connectivity index (χ3v) is 3.23. The fraction of sp³-hybridized carbons (Fsp3) is 0.500. The van der Waals surface area contributed by atoms with Gasteiger partial charge in [0.05, 0.1) is 12.1 Å². The molecule has 3 N–H and O–H groups in total. The van der Waals surface area contributed by atoms with Crippen LogP contribution in [0.15, 0.2) is 24.3 Å². The number of benzene rings is 1. The van der Waals surface area contributed by atoms with Crippen molar-refractivity contribution in [2.75, 3.05) is 7.05 Å². The monoisotopic (exact) mass is 250 g/mol. The zero-order chi connectivity index (χ0) is 13.7. The maximum atomic E-state index is 12.1. The smallest absolute Gasteiger partial charge is 0.239 e. The molecule has 0 aliphatic heterocycles. The van der Waals surface area contributed by atoms with Gasteiger partial charge in [-0.2, -0.15) is 0 Å². The van der Waals surface area contributed by atoms with Gasteiger partial charge in [0.2, 0.25) is 5.91 Å². The highest BCUT2D eigenvalue weighted by Crippen LogP contribution is 2.27.